The Labute approximate surface area is 144 Å². The molecule has 0 bridgehead atoms. The van der Waals surface area contributed by atoms with Crippen LogP contribution < -0.4 is 0 Å². The van der Waals surface area contributed by atoms with E-state index >= 15 is 0 Å². The zero-order valence-electron chi connectivity index (χ0n) is 14.6. The van der Waals surface area contributed by atoms with E-state index in [2.05, 4.69) is 17.0 Å². The number of aliphatic carboxylic acids is 1. The van der Waals surface area contributed by atoms with Crippen molar-refractivity contribution in [2.45, 2.75) is 33.2 Å². The molecule has 0 aromatic heterocycles. The number of hydrogen-bond acceptors (Lipinski definition) is 3. The van der Waals surface area contributed by atoms with E-state index < -0.39 is 5.97 Å². The lowest BCUT2D eigenvalue weighted by molar-refractivity contribution is -0.147. The van der Waals surface area contributed by atoms with Crippen LogP contribution in [0.5, 0.6) is 0 Å². The van der Waals surface area contributed by atoms with Crippen molar-refractivity contribution in [3.05, 3.63) is 35.9 Å². The van der Waals surface area contributed by atoms with Crippen molar-refractivity contribution in [1.82, 2.24) is 9.80 Å². The number of carboxylic acids is 1. The molecule has 0 spiro atoms. The summed E-state index contributed by atoms with van der Waals surface area (Å²) >= 11 is 0. The number of hydrogen-bond donors (Lipinski definition) is 1. The highest BCUT2D eigenvalue weighted by Gasteiger charge is 2.29. The van der Waals surface area contributed by atoms with Gasteiger partial charge in [0.05, 0.1) is 0 Å². The van der Waals surface area contributed by atoms with Crippen LogP contribution >= 0.6 is 0 Å². The molecule has 1 N–H and O–H groups in total. The molecule has 1 heterocycles. The molecule has 5 nitrogen and oxygen atoms in total. The number of rotatable bonds is 7. The summed E-state index contributed by atoms with van der Waals surface area (Å²) in [6.07, 6.45) is 1.61. The number of nitrogens with zero attached hydrogens (tertiary/aromatic N) is 2. The van der Waals surface area contributed by atoms with Crippen molar-refractivity contribution < 1.29 is 14.7 Å². The highest BCUT2D eigenvalue weighted by atomic mass is 16.4. The fourth-order valence-corrected chi connectivity index (χ4v) is 3.27. The van der Waals surface area contributed by atoms with Gasteiger partial charge < -0.3 is 10.0 Å². The van der Waals surface area contributed by atoms with Crippen LogP contribution in [0.25, 0.3) is 0 Å². The molecule has 0 unspecified atom stereocenters. The van der Waals surface area contributed by atoms with Gasteiger partial charge in [-0.25, -0.2) is 0 Å². The van der Waals surface area contributed by atoms with Gasteiger partial charge in [-0.15, -0.1) is 0 Å². The predicted molar refractivity (Wildman–Crippen MR) is 93.5 cm³/mol. The average molecular weight is 332 g/mol. The van der Waals surface area contributed by atoms with Crippen LogP contribution in [0.3, 0.4) is 0 Å². The second-order valence-electron chi connectivity index (χ2n) is 7.04. The fraction of sp³-hybridized carbons (Fsp3) is 0.579. The second kappa shape index (κ2) is 8.83. The first-order valence-electron chi connectivity index (χ1n) is 8.72. The maximum atomic E-state index is 12.7. The van der Waals surface area contributed by atoms with Gasteiger partial charge in [-0.3, -0.25) is 14.5 Å². The molecule has 1 fully saturated rings. The Morgan fingerprint density at radius 1 is 1.21 bits per heavy atom. The molecule has 0 atom stereocenters. The van der Waals surface area contributed by atoms with Crippen molar-refractivity contribution in [3.63, 3.8) is 0 Å². The molecular weight excluding hydrogens is 304 g/mol. The van der Waals surface area contributed by atoms with Crippen molar-refractivity contribution in [1.29, 1.82) is 0 Å². The van der Waals surface area contributed by atoms with Crippen LogP contribution in [0.4, 0.5) is 0 Å². The van der Waals surface area contributed by atoms with Crippen LogP contribution in [0.15, 0.2) is 30.3 Å². The number of likely N-dealkylation sites (tertiary alicyclic amines) is 1. The third kappa shape index (κ3) is 5.64. The van der Waals surface area contributed by atoms with Gasteiger partial charge in [0.1, 0.15) is 6.54 Å². The standard InChI is InChI=1S/C19H28N2O3/c1-15(2)12-21(14-18(22)23)19(24)17-8-10-20(11-9-17)13-16-6-4-3-5-7-16/h3-7,15,17H,8-14H2,1-2H3,(H,22,23). The molecule has 5 heteroatoms. The van der Waals surface area contributed by atoms with E-state index in [-0.39, 0.29) is 24.3 Å². The summed E-state index contributed by atoms with van der Waals surface area (Å²) < 4.78 is 0. The minimum Gasteiger partial charge on any atom is -0.480 e. The summed E-state index contributed by atoms with van der Waals surface area (Å²) in [4.78, 5) is 27.6. The van der Waals surface area contributed by atoms with E-state index in [4.69, 9.17) is 5.11 Å². The van der Waals surface area contributed by atoms with E-state index in [1.165, 1.54) is 10.5 Å². The van der Waals surface area contributed by atoms with E-state index in [0.717, 1.165) is 32.5 Å². The van der Waals surface area contributed by atoms with Crippen LogP contribution in [0.1, 0.15) is 32.3 Å². The van der Waals surface area contributed by atoms with Gasteiger partial charge in [0.2, 0.25) is 5.91 Å². The molecule has 2 rings (SSSR count). The Morgan fingerprint density at radius 2 is 1.83 bits per heavy atom. The molecule has 1 aliphatic rings. The summed E-state index contributed by atoms with van der Waals surface area (Å²) in [5.74, 6) is -0.711. The summed E-state index contributed by atoms with van der Waals surface area (Å²) in [6, 6.07) is 10.3. The van der Waals surface area contributed by atoms with Gasteiger partial charge in [-0.2, -0.15) is 0 Å². The lowest BCUT2D eigenvalue weighted by Crippen LogP contribution is -2.45. The number of carbonyl (C=O) groups excluding carboxylic acids is 1. The third-order valence-corrected chi connectivity index (χ3v) is 4.41. The Morgan fingerprint density at radius 3 is 2.38 bits per heavy atom. The van der Waals surface area contributed by atoms with Gasteiger partial charge in [0.25, 0.3) is 0 Å². The summed E-state index contributed by atoms with van der Waals surface area (Å²) in [7, 11) is 0. The van der Waals surface area contributed by atoms with Gasteiger partial charge in [0, 0.05) is 19.0 Å². The first kappa shape index (κ1) is 18.5. The Bertz CT molecular complexity index is 537. The third-order valence-electron chi connectivity index (χ3n) is 4.41. The van der Waals surface area contributed by atoms with Gasteiger partial charge in [-0.05, 0) is 37.4 Å². The molecular formula is C19H28N2O3. The first-order valence-corrected chi connectivity index (χ1v) is 8.72. The minimum atomic E-state index is -0.939. The zero-order chi connectivity index (χ0) is 17.5. The Hall–Kier alpha value is -1.88. The van der Waals surface area contributed by atoms with Gasteiger partial charge >= 0.3 is 5.97 Å². The number of carbonyl (C=O) groups is 2. The highest BCUT2D eigenvalue weighted by molar-refractivity contribution is 5.83. The average Bonchev–Trinajstić information content (AvgIpc) is 2.54. The predicted octanol–water partition coefficient (Wildman–Crippen LogP) is 2.47. The quantitative estimate of drug-likeness (QED) is 0.833. The number of piperidine rings is 1. The highest BCUT2D eigenvalue weighted by Crippen LogP contribution is 2.21. The molecule has 0 radical (unpaired) electrons. The molecule has 1 aromatic rings. The maximum absolute atomic E-state index is 12.7. The number of amides is 1. The van der Waals surface area contributed by atoms with Crippen molar-refractivity contribution >= 4 is 11.9 Å². The smallest absolute Gasteiger partial charge is 0.323 e. The topological polar surface area (TPSA) is 60.9 Å². The summed E-state index contributed by atoms with van der Waals surface area (Å²) in [6.45, 7) is 7.00. The van der Waals surface area contributed by atoms with Crippen molar-refractivity contribution in [2.24, 2.45) is 11.8 Å². The molecule has 1 amide bonds. The van der Waals surface area contributed by atoms with E-state index in [9.17, 15) is 9.59 Å². The van der Waals surface area contributed by atoms with E-state index in [0.29, 0.717) is 6.54 Å². The summed E-state index contributed by atoms with van der Waals surface area (Å²) in [5, 5.41) is 9.05. The van der Waals surface area contributed by atoms with Crippen molar-refractivity contribution in [3.8, 4) is 0 Å². The molecule has 1 aromatic carbocycles. The molecule has 0 saturated carbocycles. The van der Waals surface area contributed by atoms with E-state index in [1.54, 1.807) is 0 Å². The molecule has 0 aliphatic carbocycles. The van der Waals surface area contributed by atoms with E-state index in [1.807, 2.05) is 32.0 Å². The van der Waals surface area contributed by atoms with Crippen LogP contribution in [0.2, 0.25) is 0 Å². The Balaban J connectivity index is 1.87. The number of carboxylic acid groups (broad SMARTS) is 1. The monoisotopic (exact) mass is 332 g/mol. The lowest BCUT2D eigenvalue weighted by atomic mass is 9.94. The van der Waals surface area contributed by atoms with Crippen LogP contribution in [-0.4, -0.2) is 53.0 Å². The van der Waals surface area contributed by atoms with Gasteiger partial charge in [0.15, 0.2) is 0 Å². The number of benzene rings is 1. The second-order valence-corrected chi connectivity index (χ2v) is 7.04. The molecule has 132 valence electrons. The molecule has 24 heavy (non-hydrogen) atoms. The lowest BCUT2D eigenvalue weighted by Gasteiger charge is -2.34. The fourth-order valence-electron chi connectivity index (χ4n) is 3.27. The first-order chi connectivity index (χ1) is 11.5. The largest absolute Gasteiger partial charge is 0.480 e. The Kier molecular flexibility index (Phi) is 6.79. The van der Waals surface area contributed by atoms with Crippen LogP contribution in [-0.2, 0) is 16.1 Å². The molecule has 1 aliphatic heterocycles. The van der Waals surface area contributed by atoms with Crippen LogP contribution in [0, 0.1) is 11.8 Å². The molecule has 1 saturated heterocycles. The minimum absolute atomic E-state index is 0.00506. The SMILES string of the molecule is CC(C)CN(CC(=O)O)C(=O)C1CCN(Cc2ccccc2)CC1. The zero-order valence-corrected chi connectivity index (χ0v) is 14.6. The normalized spacial score (nSPS) is 16.3. The summed E-state index contributed by atoms with van der Waals surface area (Å²) in [5.41, 5.74) is 1.29. The van der Waals surface area contributed by atoms with Crippen molar-refractivity contribution in [2.75, 3.05) is 26.2 Å². The van der Waals surface area contributed by atoms with Gasteiger partial charge in [-0.1, -0.05) is 44.2 Å². The maximum Gasteiger partial charge on any atom is 0.323 e.